The topological polar surface area (TPSA) is 392 Å². The highest BCUT2D eigenvalue weighted by Crippen LogP contribution is 2.62. The quantitative estimate of drug-likeness (QED) is 0.110. The maximum atomic E-state index is 12.5. The van der Waals surface area contributed by atoms with E-state index >= 15 is 0 Å². The van der Waals surface area contributed by atoms with Gasteiger partial charge in [0, 0.05) is 75.2 Å². The van der Waals surface area contributed by atoms with Gasteiger partial charge in [-0.2, -0.15) is 0 Å². The fourth-order valence-corrected chi connectivity index (χ4v) is 9.16. The third-order valence-corrected chi connectivity index (χ3v) is 12.1. The number of hydrogen-bond donors (Lipinski definition) is 18. The summed E-state index contributed by atoms with van der Waals surface area (Å²) in [5.74, 6) is -17.6. The fraction of sp³-hybridized carbons (Fsp3) is 0.200. The number of benzene rings is 6. The van der Waals surface area contributed by atoms with Crippen molar-refractivity contribution in [1.29, 1.82) is 0 Å². The van der Waals surface area contributed by atoms with Gasteiger partial charge in [0.15, 0.2) is 70.1 Å². The Bertz CT molecular complexity index is 2940. The molecule has 344 valence electrons. The Hall–Kier alpha value is -8.40. The molecule has 66 heavy (non-hydrogen) atoms. The summed E-state index contributed by atoms with van der Waals surface area (Å²) in [6.07, 6.45) is -11.3. The van der Waals surface area contributed by atoms with Crippen molar-refractivity contribution in [2.45, 2.75) is 54.9 Å². The minimum absolute atomic E-state index is 0.131. The van der Waals surface area contributed by atoms with Crippen LogP contribution in [0.5, 0.6) is 103 Å². The molecule has 0 fully saturated rings. The molecule has 0 spiro atoms. The molecule has 0 aromatic heterocycles. The van der Waals surface area contributed by atoms with Gasteiger partial charge in [0.1, 0.15) is 64.0 Å². The molecule has 0 saturated heterocycles. The second kappa shape index (κ2) is 15.1. The number of aliphatic hydroxyl groups is 3. The van der Waals surface area contributed by atoms with Crippen LogP contribution in [0.3, 0.4) is 0 Å². The van der Waals surface area contributed by atoms with Gasteiger partial charge in [-0.25, -0.2) is 0 Å². The lowest BCUT2D eigenvalue weighted by Crippen LogP contribution is -2.39. The highest BCUT2D eigenvalue weighted by Gasteiger charge is 2.51. The minimum Gasteiger partial charge on any atom is -0.508 e. The molecule has 0 bridgehead atoms. The maximum absolute atomic E-state index is 12.5. The van der Waals surface area contributed by atoms with Gasteiger partial charge in [-0.05, 0) is 36.4 Å². The van der Waals surface area contributed by atoms with Crippen molar-refractivity contribution < 1.29 is 106 Å². The zero-order chi connectivity index (χ0) is 47.5. The summed E-state index contributed by atoms with van der Waals surface area (Å²) in [4.78, 5) is 0. The van der Waals surface area contributed by atoms with Gasteiger partial charge in [-0.1, -0.05) is 0 Å². The van der Waals surface area contributed by atoms with Gasteiger partial charge >= 0.3 is 0 Å². The molecule has 9 rings (SSSR count). The Morgan fingerprint density at radius 1 is 0.348 bits per heavy atom. The standard InChI is InChI=1S/C45H38O21/c46-15-7-18(48)30-29(8-15)64-42(13-3-24(54)37(60)25(55)4-13)39(62)34(30)32-20(50)11-21(51)33-35(40(63)43(66-45(32)33)14-5-26(56)38(61)27(57)6-14)31-19(49)10-17(47)16-9-28(58)41(65-44(16)31)12-1-22(52)36(59)23(53)2-12/h1-8,10-11,28,34-35,39-43,46-63H,9H2/t28-,34-,35+,39-,40-,41-,42-,43-/m1/s1. The second-order valence-corrected chi connectivity index (χ2v) is 16.1. The first-order valence-corrected chi connectivity index (χ1v) is 19.7. The molecule has 6 aromatic carbocycles. The largest absolute Gasteiger partial charge is 0.508 e. The summed E-state index contributed by atoms with van der Waals surface area (Å²) in [6, 6.07) is 8.95. The van der Waals surface area contributed by atoms with E-state index in [1.807, 2.05) is 0 Å². The SMILES string of the molecule is Oc1cc(O)c2c(c1)O[C@H](c1cc(O)c(O)c(O)c1)[C@H](O)[C@H]2c1c(O)cc(O)c2c1O[C@H](c1cc(O)c(O)c(O)c1)[C@H](O)[C@H]2c1c(O)cc(O)c2c1O[C@H](c1cc(O)c(O)c(O)c1)[C@H](O)C2. The number of aliphatic hydroxyl groups excluding tert-OH is 3. The van der Waals surface area contributed by atoms with Crippen molar-refractivity contribution in [2.24, 2.45) is 0 Å². The van der Waals surface area contributed by atoms with Crippen molar-refractivity contribution in [1.82, 2.24) is 0 Å². The molecule has 0 aliphatic carbocycles. The molecule has 0 saturated carbocycles. The zero-order valence-corrected chi connectivity index (χ0v) is 33.4. The van der Waals surface area contributed by atoms with Crippen molar-refractivity contribution in [3.63, 3.8) is 0 Å². The molecule has 0 unspecified atom stereocenters. The van der Waals surface area contributed by atoms with Crippen LogP contribution in [0, 0.1) is 0 Å². The summed E-state index contributed by atoms with van der Waals surface area (Å²) < 4.78 is 18.6. The van der Waals surface area contributed by atoms with E-state index in [0.717, 1.165) is 60.7 Å². The van der Waals surface area contributed by atoms with Gasteiger partial charge < -0.3 is 106 Å². The van der Waals surface area contributed by atoms with Crippen LogP contribution >= 0.6 is 0 Å². The van der Waals surface area contributed by atoms with Crippen LogP contribution < -0.4 is 14.2 Å². The Balaban J connectivity index is 1.32. The normalized spacial score (nSPS) is 23.1. The summed E-state index contributed by atoms with van der Waals surface area (Å²) in [5, 5.41) is 198. The monoisotopic (exact) mass is 914 g/mol. The van der Waals surface area contributed by atoms with Crippen molar-refractivity contribution in [3.8, 4) is 103 Å². The van der Waals surface area contributed by atoms with Crippen LogP contribution in [0.4, 0.5) is 0 Å². The second-order valence-electron chi connectivity index (χ2n) is 16.1. The smallest absolute Gasteiger partial charge is 0.200 e. The summed E-state index contributed by atoms with van der Waals surface area (Å²) in [6.45, 7) is 0. The number of hydrogen-bond acceptors (Lipinski definition) is 21. The maximum Gasteiger partial charge on any atom is 0.200 e. The third-order valence-electron chi connectivity index (χ3n) is 12.1. The molecule has 3 aliphatic rings. The van der Waals surface area contributed by atoms with Crippen molar-refractivity contribution in [3.05, 3.63) is 105 Å². The van der Waals surface area contributed by atoms with Crippen LogP contribution in [0.25, 0.3) is 0 Å². The molecule has 0 radical (unpaired) electrons. The lowest BCUT2D eigenvalue weighted by atomic mass is 9.73. The van der Waals surface area contributed by atoms with E-state index in [4.69, 9.17) is 14.2 Å². The number of aromatic hydroxyl groups is 15. The number of fused-ring (bicyclic) bond motifs is 3. The van der Waals surface area contributed by atoms with Gasteiger partial charge in [0.25, 0.3) is 0 Å². The first-order chi connectivity index (χ1) is 31.2. The Morgan fingerprint density at radius 3 is 1.18 bits per heavy atom. The van der Waals surface area contributed by atoms with E-state index < -0.39 is 169 Å². The molecule has 21 nitrogen and oxygen atoms in total. The van der Waals surface area contributed by atoms with Gasteiger partial charge in [0.05, 0.1) is 17.9 Å². The first-order valence-electron chi connectivity index (χ1n) is 19.7. The Morgan fingerprint density at radius 2 is 0.712 bits per heavy atom. The van der Waals surface area contributed by atoms with E-state index in [9.17, 15) is 91.9 Å². The van der Waals surface area contributed by atoms with Crippen LogP contribution in [-0.2, 0) is 6.42 Å². The highest BCUT2D eigenvalue weighted by atomic mass is 16.5. The molecule has 18 N–H and O–H groups in total. The average Bonchev–Trinajstić information content (AvgIpc) is 3.24. The van der Waals surface area contributed by atoms with Crippen LogP contribution in [0.1, 0.15) is 74.7 Å². The summed E-state index contributed by atoms with van der Waals surface area (Å²) in [5.41, 5.74) is -2.62. The van der Waals surface area contributed by atoms with E-state index in [1.54, 1.807) is 0 Å². The summed E-state index contributed by atoms with van der Waals surface area (Å²) >= 11 is 0. The molecular formula is C45H38O21. The van der Waals surface area contributed by atoms with Crippen molar-refractivity contribution >= 4 is 0 Å². The first kappa shape index (κ1) is 42.9. The van der Waals surface area contributed by atoms with Crippen LogP contribution in [-0.4, -0.2) is 110 Å². The molecule has 21 heteroatoms. The van der Waals surface area contributed by atoms with Gasteiger partial charge in [-0.3, -0.25) is 0 Å². The van der Waals surface area contributed by atoms with Crippen molar-refractivity contribution in [2.75, 3.05) is 0 Å². The van der Waals surface area contributed by atoms with Gasteiger partial charge in [-0.15, -0.1) is 0 Å². The summed E-state index contributed by atoms with van der Waals surface area (Å²) in [7, 11) is 0. The number of ether oxygens (including phenoxy) is 3. The lowest BCUT2D eigenvalue weighted by Gasteiger charge is -2.43. The van der Waals surface area contributed by atoms with Gasteiger partial charge in [0.2, 0.25) is 0 Å². The molecule has 0 amide bonds. The van der Waals surface area contributed by atoms with Crippen LogP contribution in [0.2, 0.25) is 0 Å². The molecule has 8 atom stereocenters. The van der Waals surface area contributed by atoms with E-state index in [2.05, 4.69) is 0 Å². The Kier molecular flexibility index (Phi) is 9.82. The third kappa shape index (κ3) is 6.51. The minimum atomic E-state index is -2.09. The highest BCUT2D eigenvalue weighted by molar-refractivity contribution is 5.71. The molecule has 3 aliphatic heterocycles. The van der Waals surface area contributed by atoms with Crippen LogP contribution in [0.15, 0.2) is 60.7 Å². The average molecular weight is 915 g/mol. The predicted molar refractivity (Wildman–Crippen MR) is 219 cm³/mol. The van der Waals surface area contributed by atoms with E-state index in [-0.39, 0.29) is 33.6 Å². The lowest BCUT2D eigenvalue weighted by molar-refractivity contribution is -0.00571. The van der Waals surface area contributed by atoms with E-state index in [0.29, 0.717) is 0 Å². The predicted octanol–water partition coefficient (Wildman–Crippen LogP) is 3.56. The Labute approximate surface area is 369 Å². The fourth-order valence-electron chi connectivity index (χ4n) is 9.16. The number of phenols is 15. The molecular weight excluding hydrogens is 876 g/mol. The number of phenolic OH excluding ortho intramolecular Hbond substituents is 15. The molecule has 6 aromatic rings. The molecule has 3 heterocycles. The number of rotatable bonds is 5. The zero-order valence-electron chi connectivity index (χ0n) is 33.4. The van der Waals surface area contributed by atoms with E-state index in [1.165, 1.54) is 0 Å².